The smallest absolute Gasteiger partial charge is 0.275 e. The molecule has 0 aliphatic rings. The monoisotopic (exact) mass is 1000 g/mol. The number of benzene rings is 1. The summed E-state index contributed by atoms with van der Waals surface area (Å²) < 4.78 is 8.50. The van der Waals surface area contributed by atoms with Crippen LogP contribution in [0.5, 0.6) is 0 Å². The lowest BCUT2D eigenvalue weighted by molar-refractivity contribution is -0.316. The van der Waals surface area contributed by atoms with E-state index in [9.17, 15) is 70.9 Å². The van der Waals surface area contributed by atoms with E-state index in [1.54, 1.807) is 68.6 Å². The number of carbonyl (C=O) groups is 2. The molecule has 46 heavy (non-hydrogen) atoms. The van der Waals surface area contributed by atoms with Gasteiger partial charge >= 0.3 is 0 Å². The normalized spacial score (nSPS) is 12.6. The minimum Gasteiger partial charge on any atom is -0.344 e. The van der Waals surface area contributed by atoms with Crippen molar-refractivity contribution >= 4 is 97.5 Å². The van der Waals surface area contributed by atoms with Gasteiger partial charge in [0, 0.05) is 51.9 Å². The summed E-state index contributed by atoms with van der Waals surface area (Å²) in [5, 5.41) is 112. The second-order valence-corrected chi connectivity index (χ2v) is 12.1. The summed E-state index contributed by atoms with van der Waals surface area (Å²) >= 11 is 5.21. The Bertz CT molecular complexity index is 1020. The molecule has 2 amide bonds. The standard InChI is InChI=1S/C24H40I3N5O14/c25-28-14-13-15(29-26)17(20(34)32(11-3-7-23(41,42)43)12-4-8-24(44,45)46)18(30-27)16(14)19(33)31(9-1-5-21(35,36)37)10-2-6-22(38,39)40/h13,28-30,35-46H,1-12H2. The maximum Gasteiger partial charge on any atom is 0.275 e. The Kier molecular flexibility index (Phi) is 17.8. The van der Waals surface area contributed by atoms with Crippen LogP contribution in [-0.4, -0.2) is 133 Å². The van der Waals surface area contributed by atoms with E-state index in [1.807, 2.05) is 0 Å². The summed E-state index contributed by atoms with van der Waals surface area (Å²) in [5.74, 6) is -13.5. The van der Waals surface area contributed by atoms with E-state index in [1.165, 1.54) is 15.9 Å². The number of nitrogens with one attached hydrogen (secondary N) is 3. The predicted molar refractivity (Wildman–Crippen MR) is 186 cm³/mol. The molecule has 0 spiro atoms. The van der Waals surface area contributed by atoms with Gasteiger partial charge in [-0.15, -0.1) is 0 Å². The molecule has 1 aromatic carbocycles. The topological polar surface area (TPSA) is 319 Å². The number of rotatable bonds is 21. The molecular weight excluding hydrogens is 963 g/mol. The Morgan fingerprint density at radius 3 is 0.978 bits per heavy atom. The zero-order valence-electron chi connectivity index (χ0n) is 24.3. The first-order valence-electron chi connectivity index (χ1n) is 13.6. The third kappa shape index (κ3) is 16.1. The highest BCUT2D eigenvalue weighted by atomic mass is 127. The highest BCUT2D eigenvalue weighted by Gasteiger charge is 2.32. The molecule has 0 bridgehead atoms. The SMILES string of the molecule is O=C(c1c(NI)cc(NI)c(C(=O)N(CCCC(O)(O)O)CCCC(O)(O)O)c1NI)N(CCCC(O)(O)O)CCCC(O)(O)O. The maximum absolute atomic E-state index is 14.1. The summed E-state index contributed by atoms with van der Waals surface area (Å²) in [6.45, 7) is -0.734. The molecular formula is C24H40I3N5O14. The number of halogens is 3. The van der Waals surface area contributed by atoms with E-state index < -0.39 is 61.4 Å². The van der Waals surface area contributed by atoms with Crippen molar-refractivity contribution in [3.63, 3.8) is 0 Å². The highest BCUT2D eigenvalue weighted by molar-refractivity contribution is 14.1. The van der Waals surface area contributed by atoms with Gasteiger partial charge in [-0.05, 0) is 31.7 Å². The molecule has 0 aromatic heterocycles. The van der Waals surface area contributed by atoms with Crippen LogP contribution < -0.4 is 10.6 Å². The van der Waals surface area contributed by atoms with Gasteiger partial charge in [-0.2, -0.15) is 0 Å². The predicted octanol–water partition coefficient (Wildman–Crippen LogP) is -1.50. The van der Waals surface area contributed by atoms with Crippen LogP contribution in [0.4, 0.5) is 17.1 Å². The molecule has 1 aromatic rings. The van der Waals surface area contributed by atoms with E-state index >= 15 is 0 Å². The first-order chi connectivity index (χ1) is 21.0. The van der Waals surface area contributed by atoms with Gasteiger partial charge in [0.05, 0.1) is 96.8 Å². The molecule has 0 radical (unpaired) electrons. The second-order valence-electron chi connectivity index (χ2n) is 10.5. The number of carbonyl (C=O) groups excluding carboxylic acids is 2. The molecule has 1 rings (SSSR count). The van der Waals surface area contributed by atoms with Crippen molar-refractivity contribution in [1.29, 1.82) is 0 Å². The van der Waals surface area contributed by atoms with Crippen LogP contribution >= 0.6 is 68.6 Å². The number of nitrogens with zero attached hydrogens (tertiary/aromatic N) is 2. The first kappa shape index (κ1) is 43.3. The Hall–Kier alpha value is -0.730. The van der Waals surface area contributed by atoms with E-state index in [-0.39, 0.29) is 80.1 Å². The van der Waals surface area contributed by atoms with Crippen LogP contribution in [0.25, 0.3) is 0 Å². The van der Waals surface area contributed by atoms with Crippen LogP contribution in [0.15, 0.2) is 6.07 Å². The Labute approximate surface area is 305 Å². The van der Waals surface area contributed by atoms with Crippen LogP contribution in [-0.2, 0) is 0 Å². The number of aliphatic hydroxyl groups is 12. The molecule has 0 aliphatic carbocycles. The Morgan fingerprint density at radius 2 is 0.783 bits per heavy atom. The lowest BCUT2D eigenvalue weighted by Gasteiger charge is -2.29. The molecule has 0 unspecified atom stereocenters. The molecule has 0 heterocycles. The summed E-state index contributed by atoms with van der Waals surface area (Å²) in [4.78, 5) is 30.5. The van der Waals surface area contributed by atoms with E-state index in [0.29, 0.717) is 0 Å². The minimum absolute atomic E-state index is 0.0188. The molecule has 266 valence electrons. The first-order valence-corrected chi connectivity index (χ1v) is 16.8. The highest BCUT2D eigenvalue weighted by Crippen LogP contribution is 2.39. The zero-order chi connectivity index (χ0) is 35.5. The van der Waals surface area contributed by atoms with Crippen LogP contribution in [0, 0.1) is 0 Å². The van der Waals surface area contributed by atoms with Crippen molar-refractivity contribution in [2.75, 3.05) is 36.8 Å². The van der Waals surface area contributed by atoms with Crippen molar-refractivity contribution in [2.45, 2.75) is 75.3 Å². The summed E-state index contributed by atoms with van der Waals surface area (Å²) in [6, 6.07) is 1.44. The number of amides is 2. The molecule has 0 saturated carbocycles. The van der Waals surface area contributed by atoms with Gasteiger partial charge < -0.3 is 81.7 Å². The van der Waals surface area contributed by atoms with E-state index in [0.717, 1.165) is 0 Å². The Morgan fingerprint density at radius 1 is 0.522 bits per heavy atom. The van der Waals surface area contributed by atoms with Crippen molar-refractivity contribution in [1.82, 2.24) is 9.80 Å². The van der Waals surface area contributed by atoms with Crippen molar-refractivity contribution < 1.29 is 70.9 Å². The molecule has 0 aliphatic heterocycles. The number of hydrogen-bond acceptors (Lipinski definition) is 17. The average molecular weight is 1000 g/mol. The molecule has 0 fully saturated rings. The zero-order valence-corrected chi connectivity index (χ0v) is 30.7. The number of anilines is 3. The van der Waals surface area contributed by atoms with Crippen LogP contribution in [0.2, 0.25) is 0 Å². The quantitative estimate of drug-likeness (QED) is 0.0379. The molecule has 22 heteroatoms. The van der Waals surface area contributed by atoms with Gasteiger partial charge in [0.2, 0.25) is 0 Å². The van der Waals surface area contributed by atoms with Crippen molar-refractivity contribution in [2.24, 2.45) is 0 Å². The minimum atomic E-state index is -3.02. The number of hydrogen-bond donors (Lipinski definition) is 15. The molecule has 0 atom stereocenters. The van der Waals surface area contributed by atoms with E-state index in [4.69, 9.17) is 0 Å². The van der Waals surface area contributed by atoms with Crippen LogP contribution in [0.1, 0.15) is 72.1 Å². The summed E-state index contributed by atoms with van der Waals surface area (Å²) in [6.07, 6.45) is -2.74. The van der Waals surface area contributed by atoms with Crippen molar-refractivity contribution in [3.05, 3.63) is 17.2 Å². The van der Waals surface area contributed by atoms with E-state index in [2.05, 4.69) is 10.6 Å². The summed E-state index contributed by atoms with van der Waals surface area (Å²) in [7, 11) is 0. The summed E-state index contributed by atoms with van der Waals surface area (Å²) in [5.41, 5.74) is 0.211. The average Bonchev–Trinajstić information content (AvgIpc) is 2.91. The molecule has 19 nitrogen and oxygen atoms in total. The third-order valence-electron chi connectivity index (χ3n) is 6.39. The Balaban J connectivity index is 3.69. The fourth-order valence-corrected chi connectivity index (χ4v) is 5.74. The van der Waals surface area contributed by atoms with Crippen molar-refractivity contribution in [3.8, 4) is 0 Å². The van der Waals surface area contributed by atoms with Gasteiger partial charge in [0.1, 0.15) is 0 Å². The molecule has 15 N–H and O–H groups in total. The molecule has 0 saturated heterocycles. The lowest BCUT2D eigenvalue weighted by atomic mass is 10.00. The largest absolute Gasteiger partial charge is 0.344 e. The van der Waals surface area contributed by atoms with Gasteiger partial charge in [0.15, 0.2) is 0 Å². The lowest BCUT2D eigenvalue weighted by Crippen LogP contribution is -2.38. The van der Waals surface area contributed by atoms with Gasteiger partial charge in [-0.1, -0.05) is 0 Å². The maximum atomic E-state index is 14.1. The van der Waals surface area contributed by atoms with Gasteiger partial charge in [-0.25, -0.2) is 0 Å². The fourth-order valence-electron chi connectivity index (χ4n) is 4.35. The van der Waals surface area contributed by atoms with Gasteiger partial charge in [0.25, 0.3) is 35.7 Å². The fraction of sp³-hybridized carbons (Fsp3) is 0.667. The van der Waals surface area contributed by atoms with Crippen LogP contribution in [0.3, 0.4) is 0 Å². The van der Waals surface area contributed by atoms with Gasteiger partial charge in [-0.3, -0.25) is 9.59 Å². The third-order valence-corrected chi connectivity index (χ3v) is 8.09. The second kappa shape index (κ2) is 18.9.